The smallest absolute Gasteiger partial charge is 0.0489 e. The second kappa shape index (κ2) is 6.64. The van der Waals surface area contributed by atoms with Gasteiger partial charge in [0.15, 0.2) is 0 Å². The molecule has 0 aromatic carbocycles. The molecule has 0 aliphatic heterocycles. The molecule has 0 saturated heterocycles. The predicted molar refractivity (Wildman–Crippen MR) is 78.4 cm³/mol. The lowest BCUT2D eigenvalue weighted by molar-refractivity contribution is 0.188. The molecule has 1 aromatic heterocycles. The van der Waals surface area contributed by atoms with E-state index in [0.29, 0.717) is 12.6 Å². The Labute approximate surface area is 118 Å². The van der Waals surface area contributed by atoms with Crippen molar-refractivity contribution in [3.05, 3.63) is 28.5 Å². The van der Waals surface area contributed by atoms with Crippen LogP contribution in [0.3, 0.4) is 0 Å². The van der Waals surface area contributed by atoms with Gasteiger partial charge in [0.1, 0.15) is 0 Å². The molecule has 1 aliphatic carbocycles. The van der Waals surface area contributed by atoms with Gasteiger partial charge in [-0.15, -0.1) is 0 Å². The molecule has 0 radical (unpaired) electrons. The average Bonchev–Trinajstić information content (AvgIpc) is 3.18. The van der Waals surface area contributed by atoms with Crippen molar-refractivity contribution in [3.8, 4) is 0 Å². The summed E-state index contributed by atoms with van der Waals surface area (Å²) in [6, 6.07) is 3.20. The van der Waals surface area contributed by atoms with E-state index in [1.54, 1.807) is 0 Å². The average molecular weight is 312 g/mol. The maximum absolute atomic E-state index is 6.01. The van der Waals surface area contributed by atoms with E-state index in [0.717, 1.165) is 17.1 Å². The summed E-state index contributed by atoms with van der Waals surface area (Å²) in [5, 5.41) is 0. The Kier molecular flexibility index (Phi) is 5.15. The summed E-state index contributed by atoms with van der Waals surface area (Å²) in [7, 11) is 0. The number of nitrogens with two attached hydrogens (primary N) is 1. The summed E-state index contributed by atoms with van der Waals surface area (Å²) in [4.78, 5) is 6.84. The van der Waals surface area contributed by atoms with Crippen LogP contribution in [0.15, 0.2) is 22.9 Å². The van der Waals surface area contributed by atoms with Gasteiger partial charge in [0.05, 0.1) is 0 Å². The molecule has 1 aliphatic rings. The minimum absolute atomic E-state index is 0.314. The van der Waals surface area contributed by atoms with Gasteiger partial charge in [-0.1, -0.05) is 13.3 Å². The first-order valence-corrected chi connectivity index (χ1v) is 7.61. The second-order valence-electron chi connectivity index (χ2n) is 5.01. The van der Waals surface area contributed by atoms with E-state index in [2.05, 4.69) is 38.8 Å². The van der Waals surface area contributed by atoms with Gasteiger partial charge in [0, 0.05) is 35.5 Å². The van der Waals surface area contributed by atoms with E-state index in [1.165, 1.54) is 31.2 Å². The topological polar surface area (TPSA) is 42.1 Å². The van der Waals surface area contributed by atoms with Gasteiger partial charge in [0.25, 0.3) is 0 Å². The molecule has 1 unspecified atom stereocenters. The molecule has 1 aromatic rings. The first-order chi connectivity index (χ1) is 8.76. The number of unbranched alkanes of at least 4 members (excludes halogenated alkanes) is 1. The minimum Gasteiger partial charge on any atom is -0.329 e. The highest BCUT2D eigenvalue weighted by Crippen LogP contribution is 2.34. The van der Waals surface area contributed by atoms with Gasteiger partial charge < -0.3 is 5.73 Å². The number of nitrogens with zero attached hydrogens (tertiary/aromatic N) is 2. The van der Waals surface area contributed by atoms with Crippen molar-refractivity contribution in [1.29, 1.82) is 0 Å². The van der Waals surface area contributed by atoms with Crippen molar-refractivity contribution in [2.24, 2.45) is 5.73 Å². The lowest BCUT2D eigenvalue weighted by Crippen LogP contribution is -2.36. The van der Waals surface area contributed by atoms with Crippen molar-refractivity contribution in [1.82, 2.24) is 9.88 Å². The zero-order valence-electron chi connectivity index (χ0n) is 11.0. The molecule has 1 heterocycles. The normalized spacial score (nSPS) is 17.1. The van der Waals surface area contributed by atoms with Crippen molar-refractivity contribution in [2.45, 2.75) is 44.7 Å². The van der Waals surface area contributed by atoms with Gasteiger partial charge in [-0.05, 0) is 53.4 Å². The van der Waals surface area contributed by atoms with Crippen LogP contribution in [0.1, 0.15) is 44.2 Å². The van der Waals surface area contributed by atoms with E-state index >= 15 is 0 Å². The van der Waals surface area contributed by atoms with Crippen LogP contribution in [0.5, 0.6) is 0 Å². The highest BCUT2D eigenvalue weighted by molar-refractivity contribution is 9.10. The number of hydrogen-bond donors (Lipinski definition) is 1. The lowest BCUT2D eigenvalue weighted by Gasteiger charge is -2.31. The molecule has 0 amide bonds. The van der Waals surface area contributed by atoms with Crippen molar-refractivity contribution in [2.75, 3.05) is 13.1 Å². The maximum Gasteiger partial charge on any atom is 0.0489 e. The van der Waals surface area contributed by atoms with Crippen LogP contribution in [-0.4, -0.2) is 29.0 Å². The lowest BCUT2D eigenvalue weighted by atomic mass is 10.1. The molecule has 100 valence electrons. The van der Waals surface area contributed by atoms with Gasteiger partial charge >= 0.3 is 0 Å². The first kappa shape index (κ1) is 14.0. The van der Waals surface area contributed by atoms with Crippen LogP contribution in [-0.2, 0) is 0 Å². The molecule has 1 atom stereocenters. The molecule has 3 nitrogen and oxygen atoms in total. The van der Waals surface area contributed by atoms with Gasteiger partial charge in [0.2, 0.25) is 0 Å². The van der Waals surface area contributed by atoms with Crippen LogP contribution in [0, 0.1) is 0 Å². The molecule has 18 heavy (non-hydrogen) atoms. The third-order valence-corrected chi connectivity index (χ3v) is 3.95. The Morgan fingerprint density at radius 3 is 2.83 bits per heavy atom. The zero-order valence-corrected chi connectivity index (χ0v) is 12.6. The van der Waals surface area contributed by atoms with Gasteiger partial charge in [-0.3, -0.25) is 9.88 Å². The second-order valence-corrected chi connectivity index (χ2v) is 5.93. The predicted octanol–water partition coefficient (Wildman–Crippen LogP) is 3.11. The Morgan fingerprint density at radius 2 is 2.28 bits per heavy atom. The summed E-state index contributed by atoms with van der Waals surface area (Å²) < 4.78 is 1.03. The summed E-state index contributed by atoms with van der Waals surface area (Å²) in [6.07, 6.45) is 8.89. The number of halogens is 1. The molecule has 0 bridgehead atoms. The quantitative estimate of drug-likeness (QED) is 0.841. The van der Waals surface area contributed by atoms with E-state index in [-0.39, 0.29) is 0 Å². The summed E-state index contributed by atoms with van der Waals surface area (Å²) in [6.45, 7) is 4.05. The van der Waals surface area contributed by atoms with E-state index in [9.17, 15) is 0 Å². The minimum atomic E-state index is 0.314. The summed E-state index contributed by atoms with van der Waals surface area (Å²) in [5.41, 5.74) is 7.24. The standard InChI is InChI=1S/C14H22BrN3/c1-2-3-6-18(13-4-5-13)14(8-16)11-7-12(15)10-17-9-11/h7,9-10,13-14H,2-6,8,16H2,1H3. The van der Waals surface area contributed by atoms with Gasteiger partial charge in [-0.2, -0.15) is 0 Å². The Bertz CT molecular complexity index is 379. The van der Waals surface area contributed by atoms with E-state index < -0.39 is 0 Å². The number of pyridine rings is 1. The van der Waals surface area contributed by atoms with E-state index in [1.807, 2.05) is 12.4 Å². The zero-order chi connectivity index (χ0) is 13.0. The first-order valence-electron chi connectivity index (χ1n) is 6.82. The highest BCUT2D eigenvalue weighted by atomic mass is 79.9. The van der Waals surface area contributed by atoms with Crippen molar-refractivity contribution < 1.29 is 0 Å². The molecular formula is C14H22BrN3. The van der Waals surface area contributed by atoms with Crippen LogP contribution < -0.4 is 5.73 Å². The third kappa shape index (κ3) is 3.53. The third-order valence-electron chi connectivity index (χ3n) is 3.52. The SMILES string of the molecule is CCCCN(C1CC1)C(CN)c1cncc(Br)c1. The highest BCUT2D eigenvalue weighted by Gasteiger charge is 2.33. The molecular weight excluding hydrogens is 290 g/mol. The van der Waals surface area contributed by atoms with Crippen LogP contribution in [0.2, 0.25) is 0 Å². The maximum atomic E-state index is 6.01. The Hall–Kier alpha value is -0.450. The van der Waals surface area contributed by atoms with Crippen LogP contribution in [0.25, 0.3) is 0 Å². The number of aromatic nitrogens is 1. The van der Waals surface area contributed by atoms with Crippen molar-refractivity contribution in [3.63, 3.8) is 0 Å². The Balaban J connectivity index is 2.13. The van der Waals surface area contributed by atoms with Gasteiger partial charge in [-0.25, -0.2) is 0 Å². The van der Waals surface area contributed by atoms with Crippen LogP contribution >= 0.6 is 15.9 Å². The number of rotatable bonds is 7. The molecule has 0 spiro atoms. The summed E-state index contributed by atoms with van der Waals surface area (Å²) in [5.74, 6) is 0. The monoisotopic (exact) mass is 311 g/mol. The fourth-order valence-electron chi connectivity index (χ4n) is 2.41. The largest absolute Gasteiger partial charge is 0.329 e. The molecule has 2 N–H and O–H groups in total. The van der Waals surface area contributed by atoms with Crippen molar-refractivity contribution >= 4 is 15.9 Å². The van der Waals surface area contributed by atoms with Crippen LogP contribution in [0.4, 0.5) is 0 Å². The molecule has 1 fully saturated rings. The Morgan fingerprint density at radius 1 is 1.50 bits per heavy atom. The molecule has 1 saturated carbocycles. The molecule has 2 rings (SSSR count). The fourth-order valence-corrected chi connectivity index (χ4v) is 2.80. The summed E-state index contributed by atoms with van der Waals surface area (Å²) >= 11 is 3.49. The van der Waals surface area contributed by atoms with E-state index in [4.69, 9.17) is 5.73 Å². The fraction of sp³-hybridized carbons (Fsp3) is 0.643. The number of hydrogen-bond acceptors (Lipinski definition) is 3. The molecule has 4 heteroatoms.